The van der Waals surface area contributed by atoms with Crippen molar-refractivity contribution in [2.75, 3.05) is 19.7 Å². The van der Waals surface area contributed by atoms with Crippen LogP contribution in [0.4, 0.5) is 4.39 Å². The lowest BCUT2D eigenvalue weighted by Crippen LogP contribution is -2.49. The number of hydrogen-bond acceptors (Lipinski definition) is 5. The average Bonchev–Trinajstić information content (AvgIpc) is 3.28. The molecule has 2 aromatic rings. The molecule has 0 spiro atoms. The van der Waals surface area contributed by atoms with E-state index < -0.39 is 5.41 Å². The van der Waals surface area contributed by atoms with Crippen molar-refractivity contribution in [2.24, 2.45) is 11.3 Å². The Balaban J connectivity index is 1.47. The molecule has 1 saturated heterocycles. The number of nitrogens with zero attached hydrogens (tertiary/aromatic N) is 2. The van der Waals surface area contributed by atoms with Crippen LogP contribution in [0.5, 0.6) is 0 Å². The van der Waals surface area contributed by atoms with Crippen LogP contribution in [0.25, 0.3) is 11.3 Å². The maximum Gasteiger partial charge on any atom is 0.312 e. The number of hydrogen-bond donors (Lipinski definition) is 0. The normalized spacial score (nSPS) is 20.2. The van der Waals surface area contributed by atoms with Crippen LogP contribution in [0.2, 0.25) is 0 Å². The number of likely N-dealkylation sites (tertiary alicyclic amines) is 1. The number of benzene rings is 1. The van der Waals surface area contributed by atoms with Gasteiger partial charge < -0.3 is 14.2 Å². The molecule has 2 heterocycles. The van der Waals surface area contributed by atoms with Gasteiger partial charge in [0.2, 0.25) is 5.91 Å². The molecule has 0 unspecified atom stereocenters. The first-order valence-corrected chi connectivity index (χ1v) is 11.3. The summed E-state index contributed by atoms with van der Waals surface area (Å²) < 4.78 is 24.2. The molecule has 4 rings (SSSR count). The number of carbonyl (C=O) groups excluding carboxylic acids is 2. The van der Waals surface area contributed by atoms with E-state index in [4.69, 9.17) is 9.26 Å². The molecular weight excluding hydrogens is 411 g/mol. The summed E-state index contributed by atoms with van der Waals surface area (Å²) >= 11 is 0. The standard InChI is InChI=1S/C25H29FN2O4/c1-2-31-24(30)25(12-14-28(15-13-25)23(29)19-6-4-3-5-7-19)17-21-16-22(27-32-21)18-8-10-20(26)11-9-18/h3-4,8-11,16,19H,2,5-7,12-15,17H2,1H3/t19-/m1/s1. The Morgan fingerprint density at radius 1 is 1.22 bits per heavy atom. The highest BCUT2D eigenvalue weighted by Crippen LogP contribution is 2.38. The fourth-order valence-electron chi connectivity index (χ4n) is 4.65. The number of esters is 1. The highest BCUT2D eigenvalue weighted by atomic mass is 19.1. The minimum atomic E-state index is -0.751. The number of amides is 1. The maximum absolute atomic E-state index is 13.2. The Labute approximate surface area is 187 Å². The average molecular weight is 441 g/mol. The molecule has 7 heteroatoms. The second-order valence-corrected chi connectivity index (χ2v) is 8.67. The third-order valence-corrected chi connectivity index (χ3v) is 6.57. The molecule has 0 bridgehead atoms. The molecule has 1 atom stereocenters. The van der Waals surface area contributed by atoms with E-state index in [0.717, 1.165) is 24.8 Å². The molecule has 1 aliphatic carbocycles. The summed E-state index contributed by atoms with van der Waals surface area (Å²) in [5, 5.41) is 4.10. The van der Waals surface area contributed by atoms with Crippen LogP contribution in [-0.2, 0) is 20.7 Å². The second-order valence-electron chi connectivity index (χ2n) is 8.67. The number of ether oxygens (including phenoxy) is 1. The van der Waals surface area contributed by atoms with Crippen LogP contribution in [0.3, 0.4) is 0 Å². The van der Waals surface area contributed by atoms with Crippen molar-refractivity contribution in [2.45, 2.75) is 45.4 Å². The van der Waals surface area contributed by atoms with Crippen LogP contribution < -0.4 is 0 Å². The van der Waals surface area contributed by atoms with Gasteiger partial charge in [0, 0.05) is 37.1 Å². The number of allylic oxidation sites excluding steroid dienone is 2. The molecule has 0 saturated carbocycles. The van der Waals surface area contributed by atoms with Crippen molar-refractivity contribution in [3.63, 3.8) is 0 Å². The quantitative estimate of drug-likeness (QED) is 0.487. The largest absolute Gasteiger partial charge is 0.466 e. The molecule has 6 nitrogen and oxygen atoms in total. The Morgan fingerprint density at radius 3 is 2.62 bits per heavy atom. The van der Waals surface area contributed by atoms with Crippen molar-refractivity contribution < 1.29 is 23.2 Å². The van der Waals surface area contributed by atoms with Crippen molar-refractivity contribution in [1.29, 1.82) is 0 Å². The van der Waals surface area contributed by atoms with E-state index in [9.17, 15) is 14.0 Å². The van der Waals surface area contributed by atoms with Crippen molar-refractivity contribution in [1.82, 2.24) is 10.1 Å². The summed E-state index contributed by atoms with van der Waals surface area (Å²) in [4.78, 5) is 27.8. The highest BCUT2D eigenvalue weighted by molar-refractivity contribution is 5.81. The minimum absolute atomic E-state index is 0.0441. The fourth-order valence-corrected chi connectivity index (χ4v) is 4.65. The van der Waals surface area contributed by atoms with Crippen LogP contribution in [0.15, 0.2) is 47.0 Å². The first kappa shape index (κ1) is 22.2. The summed E-state index contributed by atoms with van der Waals surface area (Å²) in [6, 6.07) is 7.82. The summed E-state index contributed by atoms with van der Waals surface area (Å²) in [7, 11) is 0. The number of halogens is 1. The van der Waals surface area contributed by atoms with Crippen LogP contribution in [0, 0.1) is 17.2 Å². The van der Waals surface area contributed by atoms with Gasteiger partial charge in [-0.1, -0.05) is 17.3 Å². The van der Waals surface area contributed by atoms with E-state index in [1.54, 1.807) is 25.1 Å². The molecule has 1 aromatic heterocycles. The lowest BCUT2D eigenvalue weighted by Gasteiger charge is -2.40. The lowest BCUT2D eigenvalue weighted by atomic mass is 9.74. The molecule has 1 amide bonds. The number of carbonyl (C=O) groups is 2. The Hall–Kier alpha value is -2.96. The van der Waals surface area contributed by atoms with Crippen LogP contribution in [-0.4, -0.2) is 41.6 Å². The topological polar surface area (TPSA) is 72.6 Å². The molecule has 1 fully saturated rings. The van der Waals surface area contributed by atoms with Crippen LogP contribution >= 0.6 is 0 Å². The monoisotopic (exact) mass is 440 g/mol. The van der Waals surface area contributed by atoms with Crippen molar-refractivity contribution in [3.05, 3.63) is 54.1 Å². The van der Waals surface area contributed by atoms with Gasteiger partial charge in [-0.25, -0.2) is 4.39 Å². The maximum atomic E-state index is 13.2. The molecule has 32 heavy (non-hydrogen) atoms. The van der Waals surface area contributed by atoms with Gasteiger partial charge in [-0.05, 0) is 63.3 Å². The zero-order valence-electron chi connectivity index (χ0n) is 18.4. The fraction of sp³-hybridized carbons (Fsp3) is 0.480. The van der Waals surface area contributed by atoms with Gasteiger partial charge in [0.05, 0.1) is 12.0 Å². The van der Waals surface area contributed by atoms with E-state index in [-0.39, 0.29) is 23.6 Å². The summed E-state index contributed by atoms with van der Waals surface area (Å²) in [5.41, 5.74) is 0.587. The Morgan fingerprint density at radius 2 is 1.97 bits per heavy atom. The molecule has 0 N–H and O–H groups in total. The van der Waals surface area contributed by atoms with E-state index in [0.29, 0.717) is 50.4 Å². The van der Waals surface area contributed by atoms with Gasteiger partial charge in [-0.2, -0.15) is 0 Å². The molecule has 2 aliphatic rings. The predicted octanol–water partition coefficient (Wildman–Crippen LogP) is 4.55. The van der Waals surface area contributed by atoms with Gasteiger partial charge in [-0.15, -0.1) is 0 Å². The first-order valence-electron chi connectivity index (χ1n) is 11.3. The Kier molecular flexibility index (Phi) is 6.72. The number of aromatic nitrogens is 1. The molecule has 0 radical (unpaired) electrons. The second kappa shape index (κ2) is 9.67. The smallest absolute Gasteiger partial charge is 0.312 e. The van der Waals surface area contributed by atoms with Gasteiger partial charge in [0.15, 0.2) is 0 Å². The summed E-state index contributed by atoms with van der Waals surface area (Å²) in [6.45, 7) is 3.14. The van der Waals surface area contributed by atoms with Gasteiger partial charge in [0.25, 0.3) is 0 Å². The van der Waals surface area contributed by atoms with E-state index in [2.05, 4.69) is 17.3 Å². The molecular formula is C25H29FN2O4. The SMILES string of the molecule is CCOC(=O)C1(Cc2cc(-c3ccc(F)cc3)no2)CCN(C(=O)[C@@H]2CC=CCC2)CC1. The zero-order valence-corrected chi connectivity index (χ0v) is 18.4. The van der Waals surface area contributed by atoms with Crippen LogP contribution in [0.1, 0.15) is 44.8 Å². The van der Waals surface area contributed by atoms with E-state index >= 15 is 0 Å². The Bertz CT molecular complexity index is 974. The third kappa shape index (κ3) is 4.76. The minimum Gasteiger partial charge on any atom is -0.466 e. The molecule has 170 valence electrons. The summed E-state index contributed by atoms with van der Waals surface area (Å²) in [6.07, 6.45) is 8.24. The zero-order chi connectivity index (χ0) is 22.6. The molecule has 1 aromatic carbocycles. The predicted molar refractivity (Wildman–Crippen MR) is 117 cm³/mol. The summed E-state index contributed by atoms with van der Waals surface area (Å²) in [5.74, 6) is 0.235. The number of piperidine rings is 1. The van der Waals surface area contributed by atoms with Gasteiger partial charge in [-0.3, -0.25) is 9.59 Å². The third-order valence-electron chi connectivity index (χ3n) is 6.57. The number of rotatable bonds is 6. The van der Waals surface area contributed by atoms with Gasteiger partial charge in [0.1, 0.15) is 17.3 Å². The molecule has 1 aliphatic heterocycles. The van der Waals surface area contributed by atoms with E-state index in [1.807, 2.05) is 4.90 Å². The van der Waals surface area contributed by atoms with Crippen molar-refractivity contribution in [3.8, 4) is 11.3 Å². The van der Waals surface area contributed by atoms with Crippen molar-refractivity contribution >= 4 is 11.9 Å². The lowest BCUT2D eigenvalue weighted by molar-refractivity contribution is -0.161. The van der Waals surface area contributed by atoms with Gasteiger partial charge >= 0.3 is 5.97 Å². The van der Waals surface area contributed by atoms with E-state index in [1.165, 1.54) is 12.1 Å². The highest BCUT2D eigenvalue weighted by Gasteiger charge is 2.45. The first-order chi connectivity index (χ1) is 15.5.